The van der Waals surface area contributed by atoms with Gasteiger partial charge < -0.3 is 20.4 Å². The number of nitrogens with two attached hydrogens (primary N) is 1. The lowest BCUT2D eigenvalue weighted by molar-refractivity contribution is 0.0825. The molecule has 0 aromatic carbocycles. The summed E-state index contributed by atoms with van der Waals surface area (Å²) in [5.74, 6) is 0.289. The van der Waals surface area contributed by atoms with Gasteiger partial charge in [0.15, 0.2) is 0 Å². The number of hydrogen-bond acceptors (Lipinski definition) is 4. The number of aromatic nitrogens is 2. The summed E-state index contributed by atoms with van der Waals surface area (Å²) in [6.45, 7) is 4.77. The van der Waals surface area contributed by atoms with Crippen LogP contribution in [0.1, 0.15) is 30.3 Å². The van der Waals surface area contributed by atoms with Crippen molar-refractivity contribution in [1.82, 2.24) is 14.9 Å². The molecule has 2 rings (SSSR count). The summed E-state index contributed by atoms with van der Waals surface area (Å²) in [6.07, 6.45) is 5.64. The van der Waals surface area contributed by atoms with Crippen molar-refractivity contribution in [3.63, 3.8) is 0 Å². The molecule has 0 radical (unpaired) electrons. The lowest BCUT2D eigenvalue weighted by Gasteiger charge is -2.16. The Morgan fingerprint density at radius 1 is 1.68 bits per heavy atom. The normalized spacial score (nSPS) is 22.6. The van der Waals surface area contributed by atoms with E-state index < -0.39 is 0 Å². The van der Waals surface area contributed by atoms with Crippen LogP contribution in [0.25, 0.3) is 0 Å². The first-order valence-electron chi connectivity index (χ1n) is 6.86. The number of amides is 1. The molecule has 6 nitrogen and oxygen atoms in total. The summed E-state index contributed by atoms with van der Waals surface area (Å²) in [7, 11) is 0. The average Bonchev–Trinajstić information content (AvgIpc) is 3.04. The highest BCUT2D eigenvalue weighted by Crippen LogP contribution is 2.22. The van der Waals surface area contributed by atoms with Crippen LogP contribution in [0.3, 0.4) is 0 Å². The van der Waals surface area contributed by atoms with Gasteiger partial charge in [-0.15, -0.1) is 0 Å². The van der Waals surface area contributed by atoms with E-state index in [4.69, 9.17) is 10.5 Å². The van der Waals surface area contributed by atoms with Crippen molar-refractivity contribution in [2.75, 3.05) is 19.7 Å². The van der Waals surface area contributed by atoms with Crippen LogP contribution in [0.5, 0.6) is 0 Å². The van der Waals surface area contributed by atoms with Crippen LogP contribution in [0, 0.1) is 5.92 Å². The van der Waals surface area contributed by atoms with Crippen LogP contribution >= 0.6 is 0 Å². The summed E-state index contributed by atoms with van der Waals surface area (Å²) in [6, 6.07) is 0. The van der Waals surface area contributed by atoms with E-state index in [-0.39, 0.29) is 12.0 Å². The minimum Gasteiger partial charge on any atom is -0.378 e. The second-order valence-electron chi connectivity index (χ2n) is 4.86. The Bertz CT molecular complexity index is 419. The predicted molar refractivity (Wildman–Crippen MR) is 71.8 cm³/mol. The molecule has 2 atom stereocenters. The summed E-state index contributed by atoms with van der Waals surface area (Å²) in [4.78, 5) is 16.0. The Labute approximate surface area is 113 Å². The maximum atomic E-state index is 12.0. The fourth-order valence-corrected chi connectivity index (χ4v) is 2.44. The largest absolute Gasteiger partial charge is 0.378 e. The maximum Gasteiger partial charge on any atom is 0.271 e. The Kier molecular flexibility index (Phi) is 4.93. The van der Waals surface area contributed by atoms with Gasteiger partial charge in [0, 0.05) is 38.4 Å². The van der Waals surface area contributed by atoms with Crippen molar-refractivity contribution in [2.45, 2.75) is 32.4 Å². The number of nitrogens with zero attached hydrogens (tertiary/aromatic N) is 2. The monoisotopic (exact) mass is 266 g/mol. The minimum atomic E-state index is -0.127. The molecule has 1 saturated heterocycles. The van der Waals surface area contributed by atoms with E-state index in [1.807, 2.05) is 4.57 Å². The van der Waals surface area contributed by atoms with Crippen molar-refractivity contribution in [1.29, 1.82) is 0 Å². The molecule has 1 amide bonds. The van der Waals surface area contributed by atoms with Crippen molar-refractivity contribution in [3.8, 4) is 0 Å². The number of carbonyl (C=O) groups is 1. The first-order valence-corrected chi connectivity index (χ1v) is 6.86. The fourth-order valence-electron chi connectivity index (χ4n) is 2.44. The molecule has 0 spiro atoms. The summed E-state index contributed by atoms with van der Waals surface area (Å²) in [5.41, 5.74) is 5.90. The summed E-state index contributed by atoms with van der Waals surface area (Å²) >= 11 is 0. The zero-order valence-corrected chi connectivity index (χ0v) is 11.3. The Balaban J connectivity index is 1.83. The molecule has 6 heteroatoms. The molecule has 1 aliphatic rings. The number of ether oxygens (including phenoxy) is 1. The molecule has 0 aliphatic carbocycles. The van der Waals surface area contributed by atoms with Crippen LogP contribution < -0.4 is 11.1 Å². The fraction of sp³-hybridized carbons (Fsp3) is 0.692. The third-order valence-corrected chi connectivity index (χ3v) is 3.53. The van der Waals surface area contributed by atoms with Gasteiger partial charge in [0.1, 0.15) is 5.69 Å². The van der Waals surface area contributed by atoms with Crippen LogP contribution in [-0.4, -0.2) is 41.3 Å². The molecule has 1 aromatic rings. The van der Waals surface area contributed by atoms with Gasteiger partial charge >= 0.3 is 0 Å². The predicted octanol–water partition coefficient (Wildman–Crippen LogP) is 0.387. The van der Waals surface area contributed by atoms with E-state index in [9.17, 15) is 4.79 Å². The molecular formula is C13H22N4O2. The lowest BCUT2D eigenvalue weighted by Crippen LogP contribution is -2.32. The molecule has 1 aromatic heterocycles. The molecule has 3 N–H and O–H groups in total. The average molecular weight is 266 g/mol. The van der Waals surface area contributed by atoms with E-state index in [2.05, 4.69) is 17.2 Å². The van der Waals surface area contributed by atoms with Crippen molar-refractivity contribution < 1.29 is 9.53 Å². The number of nitrogens with one attached hydrogen (secondary N) is 1. The number of imidazole rings is 1. The molecular weight excluding hydrogens is 244 g/mol. The van der Waals surface area contributed by atoms with Gasteiger partial charge in [-0.1, -0.05) is 6.92 Å². The molecule has 0 saturated carbocycles. The number of carbonyl (C=O) groups excluding carboxylic acids is 1. The van der Waals surface area contributed by atoms with Crippen LogP contribution in [-0.2, 0) is 11.3 Å². The third-order valence-electron chi connectivity index (χ3n) is 3.53. The van der Waals surface area contributed by atoms with Crippen molar-refractivity contribution >= 4 is 5.91 Å². The maximum absolute atomic E-state index is 12.0. The highest BCUT2D eigenvalue weighted by atomic mass is 16.5. The molecule has 2 heterocycles. The third kappa shape index (κ3) is 3.54. The zero-order chi connectivity index (χ0) is 13.7. The van der Waals surface area contributed by atoms with E-state index in [1.165, 1.54) is 0 Å². The quantitative estimate of drug-likeness (QED) is 0.780. The highest BCUT2D eigenvalue weighted by Gasteiger charge is 2.27. The molecule has 19 heavy (non-hydrogen) atoms. The second-order valence-corrected chi connectivity index (χ2v) is 4.86. The van der Waals surface area contributed by atoms with Crippen LogP contribution in [0.2, 0.25) is 0 Å². The number of rotatable bonds is 6. The first kappa shape index (κ1) is 14.0. The van der Waals surface area contributed by atoms with E-state index >= 15 is 0 Å². The molecule has 1 fully saturated rings. The SMILES string of the molecule is CCC1OCCC1CNC(=O)c1cn(CCN)cn1. The number of hydrogen-bond donors (Lipinski definition) is 2. The van der Waals surface area contributed by atoms with Gasteiger partial charge in [0.05, 0.1) is 12.4 Å². The van der Waals surface area contributed by atoms with Gasteiger partial charge in [-0.2, -0.15) is 0 Å². The van der Waals surface area contributed by atoms with Gasteiger partial charge in [0.2, 0.25) is 0 Å². The Hall–Kier alpha value is -1.40. The molecule has 106 valence electrons. The first-order chi connectivity index (χ1) is 9.24. The highest BCUT2D eigenvalue weighted by molar-refractivity contribution is 5.91. The summed E-state index contributed by atoms with van der Waals surface area (Å²) < 4.78 is 7.43. The van der Waals surface area contributed by atoms with Gasteiger partial charge in [0.25, 0.3) is 5.91 Å². The molecule has 0 bridgehead atoms. The lowest BCUT2D eigenvalue weighted by atomic mass is 10.00. The van der Waals surface area contributed by atoms with E-state index in [1.54, 1.807) is 12.5 Å². The zero-order valence-electron chi connectivity index (χ0n) is 11.3. The Morgan fingerprint density at radius 2 is 2.53 bits per heavy atom. The smallest absolute Gasteiger partial charge is 0.271 e. The second kappa shape index (κ2) is 6.68. The standard InChI is InChI=1S/C13H22N4O2/c1-2-12-10(3-6-19-12)7-15-13(18)11-8-17(5-4-14)9-16-11/h8-10,12H,2-7,14H2,1H3,(H,15,18). The van der Waals surface area contributed by atoms with Crippen LogP contribution in [0.4, 0.5) is 0 Å². The summed E-state index contributed by atoms with van der Waals surface area (Å²) in [5, 5.41) is 2.93. The van der Waals surface area contributed by atoms with Gasteiger partial charge in [-0.3, -0.25) is 4.79 Å². The molecule has 2 unspecified atom stereocenters. The van der Waals surface area contributed by atoms with Crippen molar-refractivity contribution in [2.24, 2.45) is 11.7 Å². The topological polar surface area (TPSA) is 82.2 Å². The van der Waals surface area contributed by atoms with E-state index in [0.717, 1.165) is 19.4 Å². The van der Waals surface area contributed by atoms with E-state index in [0.29, 0.717) is 31.2 Å². The molecule has 1 aliphatic heterocycles. The van der Waals surface area contributed by atoms with Crippen molar-refractivity contribution in [3.05, 3.63) is 18.2 Å². The Morgan fingerprint density at radius 3 is 3.26 bits per heavy atom. The van der Waals surface area contributed by atoms with Gasteiger partial charge in [-0.25, -0.2) is 4.98 Å². The van der Waals surface area contributed by atoms with Crippen LogP contribution in [0.15, 0.2) is 12.5 Å². The minimum absolute atomic E-state index is 0.127. The van der Waals surface area contributed by atoms with Gasteiger partial charge in [-0.05, 0) is 12.8 Å².